The van der Waals surface area contributed by atoms with Crippen LogP contribution in [-0.2, 0) is 4.74 Å². The minimum absolute atomic E-state index is 0.264. The third-order valence-corrected chi connectivity index (χ3v) is 3.17. The molecule has 1 aromatic carbocycles. The molecule has 0 bridgehead atoms. The van der Waals surface area contributed by atoms with Crippen molar-refractivity contribution in [3.63, 3.8) is 0 Å². The average molecular weight is 289 g/mol. The first-order valence-electron chi connectivity index (χ1n) is 7.24. The summed E-state index contributed by atoms with van der Waals surface area (Å²) in [5.74, 6) is 1.78. The Morgan fingerprint density at radius 3 is 2.86 bits per heavy atom. The second kappa shape index (κ2) is 8.32. The zero-order valence-electron chi connectivity index (χ0n) is 12.7. The smallest absolute Gasteiger partial charge is 0.203 e. The van der Waals surface area contributed by atoms with Gasteiger partial charge in [-0.25, -0.2) is 4.98 Å². The summed E-state index contributed by atoms with van der Waals surface area (Å²) < 4.78 is 12.9. The summed E-state index contributed by atoms with van der Waals surface area (Å²) in [5, 5.41) is 3.34. The molecule has 0 aliphatic heterocycles. The predicted octanol–water partition coefficient (Wildman–Crippen LogP) is 2.97. The van der Waals surface area contributed by atoms with E-state index < -0.39 is 0 Å². The molecule has 0 saturated heterocycles. The number of benzene rings is 1. The molecule has 0 fully saturated rings. The largest absolute Gasteiger partial charge is 0.494 e. The monoisotopic (exact) mass is 289 g/mol. The number of anilines is 1. The van der Waals surface area contributed by atoms with Crippen LogP contribution in [0.25, 0.3) is 0 Å². The molecule has 5 nitrogen and oxygen atoms in total. The van der Waals surface area contributed by atoms with Gasteiger partial charge in [-0.1, -0.05) is 18.2 Å². The normalized spacial score (nSPS) is 12.1. The van der Waals surface area contributed by atoms with Crippen molar-refractivity contribution in [2.24, 2.45) is 0 Å². The lowest BCUT2D eigenvalue weighted by molar-refractivity contribution is 0.163. The average Bonchev–Trinajstić information content (AvgIpc) is 2.97. The molecule has 1 aromatic heterocycles. The number of nitrogens with zero attached hydrogens (tertiary/aromatic N) is 2. The zero-order valence-corrected chi connectivity index (χ0v) is 12.7. The van der Waals surface area contributed by atoms with Crippen LogP contribution in [0.5, 0.6) is 5.75 Å². The minimum atomic E-state index is 0.264. The maximum absolute atomic E-state index is 5.65. The fourth-order valence-corrected chi connectivity index (χ4v) is 2.11. The van der Waals surface area contributed by atoms with Crippen LogP contribution in [0.4, 0.5) is 5.95 Å². The highest BCUT2D eigenvalue weighted by atomic mass is 16.5. The maximum atomic E-state index is 5.65. The van der Waals surface area contributed by atoms with Gasteiger partial charge in [0.05, 0.1) is 19.3 Å². The SMILES string of the molecule is COCC(C)n1ccnc1NCCCOc1ccccc1. The van der Waals surface area contributed by atoms with Crippen LogP contribution in [0.3, 0.4) is 0 Å². The van der Waals surface area contributed by atoms with Gasteiger partial charge in [-0.15, -0.1) is 0 Å². The molecular weight excluding hydrogens is 266 g/mol. The van der Waals surface area contributed by atoms with Gasteiger partial charge in [-0.05, 0) is 25.5 Å². The first-order chi connectivity index (χ1) is 10.3. The second-order valence-electron chi connectivity index (χ2n) is 4.90. The molecule has 2 aromatic rings. The molecule has 1 atom stereocenters. The number of hydrogen-bond donors (Lipinski definition) is 1. The Labute approximate surface area is 125 Å². The van der Waals surface area contributed by atoms with Crippen LogP contribution in [-0.4, -0.2) is 36.4 Å². The van der Waals surface area contributed by atoms with Crippen LogP contribution >= 0.6 is 0 Å². The lowest BCUT2D eigenvalue weighted by Crippen LogP contribution is -2.16. The van der Waals surface area contributed by atoms with Gasteiger partial charge < -0.3 is 19.4 Å². The van der Waals surface area contributed by atoms with E-state index in [9.17, 15) is 0 Å². The number of methoxy groups -OCH3 is 1. The molecule has 0 saturated carbocycles. The summed E-state index contributed by atoms with van der Waals surface area (Å²) in [6.45, 7) is 4.28. The lowest BCUT2D eigenvalue weighted by atomic mass is 10.3. The Balaban J connectivity index is 1.70. The summed E-state index contributed by atoms with van der Waals surface area (Å²) in [4.78, 5) is 4.33. The molecule has 0 aliphatic rings. The van der Waals surface area contributed by atoms with Gasteiger partial charge in [0.25, 0.3) is 0 Å². The molecule has 21 heavy (non-hydrogen) atoms. The van der Waals surface area contributed by atoms with Crippen molar-refractivity contribution >= 4 is 5.95 Å². The van der Waals surface area contributed by atoms with Gasteiger partial charge >= 0.3 is 0 Å². The van der Waals surface area contributed by atoms with E-state index >= 15 is 0 Å². The summed E-state index contributed by atoms with van der Waals surface area (Å²) in [7, 11) is 1.71. The number of imidazole rings is 1. The van der Waals surface area contributed by atoms with Crippen molar-refractivity contribution in [2.45, 2.75) is 19.4 Å². The highest BCUT2D eigenvalue weighted by molar-refractivity contribution is 5.26. The van der Waals surface area contributed by atoms with Crippen molar-refractivity contribution in [3.05, 3.63) is 42.7 Å². The predicted molar refractivity (Wildman–Crippen MR) is 83.9 cm³/mol. The maximum Gasteiger partial charge on any atom is 0.203 e. The number of rotatable bonds is 9. The number of ether oxygens (including phenoxy) is 2. The zero-order chi connectivity index (χ0) is 14.9. The van der Waals surface area contributed by atoms with Crippen molar-refractivity contribution in [3.8, 4) is 5.75 Å². The Morgan fingerprint density at radius 1 is 1.29 bits per heavy atom. The molecule has 0 aliphatic carbocycles. The van der Waals surface area contributed by atoms with Gasteiger partial charge in [0.15, 0.2) is 0 Å². The fourth-order valence-electron chi connectivity index (χ4n) is 2.11. The fraction of sp³-hybridized carbons (Fsp3) is 0.438. The van der Waals surface area contributed by atoms with E-state index in [1.165, 1.54) is 0 Å². The van der Waals surface area contributed by atoms with Gasteiger partial charge in [0.1, 0.15) is 5.75 Å². The van der Waals surface area contributed by atoms with Crippen LogP contribution in [0.1, 0.15) is 19.4 Å². The Morgan fingerprint density at radius 2 is 2.10 bits per heavy atom. The van der Waals surface area contributed by atoms with E-state index in [1.807, 2.05) is 36.5 Å². The topological polar surface area (TPSA) is 48.3 Å². The molecule has 0 spiro atoms. The van der Waals surface area contributed by atoms with Crippen LogP contribution < -0.4 is 10.1 Å². The molecule has 114 valence electrons. The van der Waals surface area contributed by atoms with Crippen molar-refractivity contribution < 1.29 is 9.47 Å². The molecular formula is C16H23N3O2. The van der Waals surface area contributed by atoms with Crippen LogP contribution in [0.2, 0.25) is 0 Å². The number of hydrogen-bond acceptors (Lipinski definition) is 4. The lowest BCUT2D eigenvalue weighted by Gasteiger charge is -2.16. The Hall–Kier alpha value is -2.01. The first-order valence-corrected chi connectivity index (χ1v) is 7.24. The summed E-state index contributed by atoms with van der Waals surface area (Å²) in [5.41, 5.74) is 0. The quantitative estimate of drug-likeness (QED) is 0.721. The highest BCUT2D eigenvalue weighted by Crippen LogP contribution is 2.13. The van der Waals surface area contributed by atoms with E-state index in [4.69, 9.17) is 9.47 Å². The van der Waals surface area contributed by atoms with Gasteiger partial charge in [0, 0.05) is 26.0 Å². The van der Waals surface area contributed by atoms with Gasteiger partial charge in [-0.3, -0.25) is 0 Å². The summed E-state index contributed by atoms with van der Waals surface area (Å²) in [6.07, 6.45) is 4.68. The van der Waals surface area contributed by atoms with Crippen molar-refractivity contribution in [2.75, 3.05) is 32.2 Å². The third-order valence-electron chi connectivity index (χ3n) is 3.17. The number of para-hydroxylation sites is 1. The van der Waals surface area contributed by atoms with Gasteiger partial charge in [-0.2, -0.15) is 0 Å². The minimum Gasteiger partial charge on any atom is -0.494 e. The van der Waals surface area contributed by atoms with E-state index in [1.54, 1.807) is 13.3 Å². The number of nitrogens with one attached hydrogen (secondary N) is 1. The highest BCUT2D eigenvalue weighted by Gasteiger charge is 2.08. The summed E-state index contributed by atoms with van der Waals surface area (Å²) in [6, 6.07) is 10.1. The van der Waals surface area contributed by atoms with E-state index in [-0.39, 0.29) is 6.04 Å². The molecule has 0 amide bonds. The van der Waals surface area contributed by atoms with Gasteiger partial charge in [0.2, 0.25) is 5.95 Å². The number of aromatic nitrogens is 2. The van der Waals surface area contributed by atoms with E-state index in [0.717, 1.165) is 24.7 Å². The standard InChI is InChI=1S/C16H23N3O2/c1-14(13-20-2)19-11-10-18-16(19)17-9-6-12-21-15-7-4-3-5-8-15/h3-5,7-8,10-11,14H,6,9,12-13H2,1-2H3,(H,17,18). The Bertz CT molecular complexity index is 513. The Kier molecular flexibility index (Phi) is 6.09. The van der Waals surface area contributed by atoms with E-state index in [0.29, 0.717) is 13.2 Å². The molecule has 1 heterocycles. The first kappa shape index (κ1) is 15.4. The van der Waals surface area contributed by atoms with Crippen molar-refractivity contribution in [1.82, 2.24) is 9.55 Å². The molecule has 5 heteroatoms. The van der Waals surface area contributed by atoms with Crippen LogP contribution in [0, 0.1) is 0 Å². The molecule has 2 rings (SSSR count). The summed E-state index contributed by atoms with van der Waals surface area (Å²) >= 11 is 0. The van der Waals surface area contributed by atoms with Crippen LogP contribution in [0.15, 0.2) is 42.7 Å². The molecule has 1 N–H and O–H groups in total. The second-order valence-corrected chi connectivity index (χ2v) is 4.90. The van der Waals surface area contributed by atoms with E-state index in [2.05, 4.69) is 21.8 Å². The molecule has 0 radical (unpaired) electrons. The third kappa shape index (κ3) is 4.79. The molecule has 1 unspecified atom stereocenters. The van der Waals surface area contributed by atoms with Crippen molar-refractivity contribution in [1.29, 1.82) is 0 Å².